The molecule has 0 aliphatic carbocycles. The summed E-state index contributed by atoms with van der Waals surface area (Å²) in [5.74, 6) is 1.64. The normalized spacial score (nSPS) is 10.4. The topological polar surface area (TPSA) is 88.9 Å². The first-order chi connectivity index (χ1) is 17.0. The molecule has 0 spiro atoms. The summed E-state index contributed by atoms with van der Waals surface area (Å²) in [6, 6.07) is 22.4. The van der Waals surface area contributed by atoms with Gasteiger partial charge >= 0.3 is 0 Å². The van der Waals surface area contributed by atoms with Crippen molar-refractivity contribution in [2.45, 2.75) is 5.16 Å². The molecule has 2 N–H and O–H groups in total. The lowest BCUT2D eigenvalue weighted by Crippen LogP contribution is -2.33. The zero-order valence-corrected chi connectivity index (χ0v) is 19.3. The van der Waals surface area contributed by atoms with Crippen LogP contribution in [0.15, 0.2) is 84.0 Å². The van der Waals surface area contributed by atoms with Crippen LogP contribution < -0.4 is 10.6 Å². The molecule has 0 saturated heterocycles. The van der Waals surface area contributed by atoms with Crippen molar-refractivity contribution in [2.75, 3.05) is 17.6 Å². The highest BCUT2D eigenvalue weighted by molar-refractivity contribution is 7.99. The number of para-hydroxylation sites is 1. The first-order valence-corrected chi connectivity index (χ1v) is 11.6. The summed E-state index contributed by atoms with van der Waals surface area (Å²) in [5.41, 5.74) is 2.21. The van der Waals surface area contributed by atoms with Gasteiger partial charge in [-0.25, -0.2) is 4.39 Å². The molecule has 0 atom stereocenters. The van der Waals surface area contributed by atoms with Crippen molar-refractivity contribution in [3.8, 4) is 29.4 Å². The number of anilines is 1. The van der Waals surface area contributed by atoms with Crippen LogP contribution in [-0.2, 0) is 9.59 Å². The molecular formula is C26H20FN5O2S. The van der Waals surface area contributed by atoms with E-state index in [1.165, 1.54) is 6.07 Å². The van der Waals surface area contributed by atoms with E-state index in [-0.39, 0.29) is 24.1 Å². The lowest BCUT2D eigenvalue weighted by Gasteiger charge is -2.11. The summed E-state index contributed by atoms with van der Waals surface area (Å²) in [4.78, 5) is 24.6. The maximum Gasteiger partial charge on any atom is 0.243 e. The zero-order chi connectivity index (χ0) is 24.6. The minimum atomic E-state index is -0.426. The second kappa shape index (κ2) is 11.1. The van der Waals surface area contributed by atoms with Crippen LogP contribution in [0.1, 0.15) is 5.56 Å². The SMILES string of the molecule is C#Cc1cccc(NC(=O)CNC(=O)CSc2nnc(-c3ccccc3F)n2-c2ccccc2)c1. The molecule has 0 bridgehead atoms. The first kappa shape index (κ1) is 23.7. The van der Waals surface area contributed by atoms with Crippen LogP contribution in [0.2, 0.25) is 0 Å². The van der Waals surface area contributed by atoms with Crippen LogP contribution in [0.25, 0.3) is 17.1 Å². The van der Waals surface area contributed by atoms with E-state index in [2.05, 4.69) is 26.8 Å². The van der Waals surface area contributed by atoms with Crippen LogP contribution in [0.4, 0.5) is 10.1 Å². The molecule has 1 aromatic heterocycles. The fourth-order valence-corrected chi connectivity index (χ4v) is 4.02. The Labute approximate surface area is 205 Å². The molecule has 0 fully saturated rings. The third-order valence-electron chi connectivity index (χ3n) is 4.85. The van der Waals surface area contributed by atoms with E-state index in [4.69, 9.17) is 6.42 Å². The summed E-state index contributed by atoms with van der Waals surface area (Å²) >= 11 is 1.13. The Kier molecular flexibility index (Phi) is 7.55. The molecular weight excluding hydrogens is 465 g/mol. The van der Waals surface area contributed by atoms with E-state index < -0.39 is 5.82 Å². The number of halogens is 1. The van der Waals surface area contributed by atoms with Gasteiger partial charge in [0.05, 0.1) is 17.9 Å². The highest BCUT2D eigenvalue weighted by Gasteiger charge is 2.19. The van der Waals surface area contributed by atoms with E-state index in [9.17, 15) is 14.0 Å². The molecule has 35 heavy (non-hydrogen) atoms. The van der Waals surface area contributed by atoms with Gasteiger partial charge in [0.15, 0.2) is 11.0 Å². The van der Waals surface area contributed by atoms with Crippen molar-refractivity contribution < 1.29 is 14.0 Å². The lowest BCUT2D eigenvalue weighted by atomic mass is 10.2. The predicted octanol–water partition coefficient (Wildman–Crippen LogP) is 3.90. The van der Waals surface area contributed by atoms with Gasteiger partial charge in [0.1, 0.15) is 5.82 Å². The van der Waals surface area contributed by atoms with Gasteiger partial charge in [0.25, 0.3) is 0 Å². The summed E-state index contributed by atoms with van der Waals surface area (Å²) < 4.78 is 16.2. The molecule has 174 valence electrons. The number of carbonyl (C=O) groups is 2. The summed E-state index contributed by atoms with van der Waals surface area (Å²) in [5, 5.41) is 14.0. The van der Waals surface area contributed by atoms with Gasteiger partial charge in [-0.3, -0.25) is 14.2 Å². The quantitative estimate of drug-likeness (QED) is 0.292. The number of thioether (sulfide) groups is 1. The van der Waals surface area contributed by atoms with Gasteiger partial charge in [0, 0.05) is 16.9 Å². The molecule has 0 radical (unpaired) electrons. The molecule has 4 aromatic rings. The van der Waals surface area contributed by atoms with Crippen molar-refractivity contribution >= 4 is 29.3 Å². The lowest BCUT2D eigenvalue weighted by molar-refractivity contribution is -0.122. The highest BCUT2D eigenvalue weighted by Crippen LogP contribution is 2.29. The number of amides is 2. The second-order valence-corrected chi connectivity index (χ2v) is 8.24. The smallest absolute Gasteiger partial charge is 0.243 e. The van der Waals surface area contributed by atoms with Crippen LogP contribution in [-0.4, -0.2) is 38.9 Å². The second-order valence-electron chi connectivity index (χ2n) is 7.30. The van der Waals surface area contributed by atoms with Crippen molar-refractivity contribution in [1.82, 2.24) is 20.1 Å². The first-order valence-electron chi connectivity index (χ1n) is 10.6. The number of rotatable bonds is 8. The molecule has 0 aliphatic heterocycles. The van der Waals surface area contributed by atoms with Crippen molar-refractivity contribution in [1.29, 1.82) is 0 Å². The largest absolute Gasteiger partial charge is 0.346 e. The molecule has 9 heteroatoms. The number of nitrogens with one attached hydrogen (secondary N) is 2. The standard InChI is InChI=1S/C26H20FN5O2S/c1-2-18-9-8-10-19(15-18)29-23(33)16-28-24(34)17-35-26-31-30-25(21-13-6-7-14-22(21)27)32(26)20-11-4-3-5-12-20/h1,3-15H,16-17H2,(H,28,34)(H,29,33). The number of terminal acetylenes is 1. The maximum atomic E-state index is 14.5. The molecule has 4 rings (SSSR count). The van der Waals surface area contributed by atoms with Crippen LogP contribution >= 0.6 is 11.8 Å². The molecule has 3 aromatic carbocycles. The number of hydrogen-bond acceptors (Lipinski definition) is 5. The fourth-order valence-electron chi connectivity index (χ4n) is 3.24. The van der Waals surface area contributed by atoms with Crippen LogP contribution in [0, 0.1) is 18.2 Å². The average Bonchev–Trinajstić information content (AvgIpc) is 3.31. The molecule has 2 amide bonds. The van der Waals surface area contributed by atoms with E-state index in [0.717, 1.165) is 17.4 Å². The van der Waals surface area contributed by atoms with Gasteiger partial charge < -0.3 is 10.6 Å². The van der Waals surface area contributed by atoms with E-state index >= 15 is 0 Å². The third-order valence-corrected chi connectivity index (χ3v) is 5.78. The molecule has 1 heterocycles. The Hall–Kier alpha value is -4.42. The molecule has 0 aliphatic rings. The van der Waals surface area contributed by atoms with Gasteiger partial charge in [-0.15, -0.1) is 16.6 Å². The van der Waals surface area contributed by atoms with Crippen LogP contribution in [0.3, 0.4) is 0 Å². The molecule has 0 unspecified atom stereocenters. The van der Waals surface area contributed by atoms with Gasteiger partial charge in [0.2, 0.25) is 11.8 Å². The predicted molar refractivity (Wildman–Crippen MR) is 133 cm³/mol. The number of hydrogen-bond donors (Lipinski definition) is 2. The van der Waals surface area contributed by atoms with Gasteiger partial charge in [-0.05, 0) is 42.5 Å². The van der Waals surface area contributed by atoms with E-state index in [0.29, 0.717) is 27.8 Å². The Bertz CT molecular complexity index is 1400. The van der Waals surface area contributed by atoms with Crippen molar-refractivity contribution in [3.63, 3.8) is 0 Å². The number of nitrogens with zero attached hydrogens (tertiary/aromatic N) is 3. The number of benzene rings is 3. The molecule has 7 nitrogen and oxygen atoms in total. The van der Waals surface area contributed by atoms with E-state index in [1.54, 1.807) is 47.0 Å². The maximum absolute atomic E-state index is 14.5. The highest BCUT2D eigenvalue weighted by atomic mass is 32.2. The summed E-state index contributed by atoms with van der Waals surface area (Å²) in [6.45, 7) is -0.203. The zero-order valence-electron chi connectivity index (χ0n) is 18.4. The number of aromatic nitrogens is 3. The Morgan fingerprint density at radius 3 is 2.51 bits per heavy atom. The summed E-state index contributed by atoms with van der Waals surface area (Å²) in [7, 11) is 0. The minimum absolute atomic E-state index is 0.0118. The third kappa shape index (κ3) is 5.93. The number of carbonyl (C=O) groups excluding carboxylic acids is 2. The van der Waals surface area contributed by atoms with Crippen molar-refractivity contribution in [2.24, 2.45) is 0 Å². The fraction of sp³-hybridized carbons (Fsp3) is 0.0769. The van der Waals surface area contributed by atoms with Crippen molar-refractivity contribution in [3.05, 3.63) is 90.2 Å². The van der Waals surface area contributed by atoms with Gasteiger partial charge in [-0.2, -0.15) is 0 Å². The Balaban J connectivity index is 1.42. The van der Waals surface area contributed by atoms with E-state index in [1.807, 2.05) is 30.3 Å². The Morgan fingerprint density at radius 2 is 1.74 bits per heavy atom. The Morgan fingerprint density at radius 1 is 0.971 bits per heavy atom. The molecule has 0 saturated carbocycles. The monoisotopic (exact) mass is 485 g/mol. The van der Waals surface area contributed by atoms with Crippen LogP contribution in [0.5, 0.6) is 0 Å². The van der Waals surface area contributed by atoms with Gasteiger partial charge in [-0.1, -0.05) is 54.1 Å². The average molecular weight is 486 g/mol. The summed E-state index contributed by atoms with van der Waals surface area (Å²) in [6.07, 6.45) is 5.37. The minimum Gasteiger partial charge on any atom is -0.346 e.